The van der Waals surface area contributed by atoms with Crippen LogP contribution in [0.5, 0.6) is 0 Å². The summed E-state index contributed by atoms with van der Waals surface area (Å²) in [5.74, 6) is 0. The van der Waals surface area contributed by atoms with Crippen molar-refractivity contribution in [1.82, 2.24) is 10.2 Å². The van der Waals surface area contributed by atoms with E-state index in [1.54, 1.807) is 0 Å². The van der Waals surface area contributed by atoms with Crippen LogP contribution >= 0.6 is 0 Å². The Labute approximate surface area is 111 Å². The van der Waals surface area contributed by atoms with Gasteiger partial charge in [-0.15, -0.1) is 0 Å². The summed E-state index contributed by atoms with van der Waals surface area (Å²) in [4.78, 5) is 2.75. The lowest BCUT2D eigenvalue weighted by Crippen LogP contribution is -2.49. The van der Waals surface area contributed by atoms with Crippen molar-refractivity contribution in [2.45, 2.75) is 39.0 Å². The maximum absolute atomic E-state index is 5.52. The molecule has 3 nitrogen and oxygen atoms in total. The molecule has 3 aliphatic heterocycles. The number of nitrogens with one attached hydrogen (secondary N) is 1. The van der Waals surface area contributed by atoms with Gasteiger partial charge in [0.15, 0.2) is 0 Å². The predicted molar refractivity (Wildman–Crippen MR) is 73.8 cm³/mol. The van der Waals surface area contributed by atoms with Crippen molar-refractivity contribution < 1.29 is 4.74 Å². The Morgan fingerprint density at radius 3 is 2.72 bits per heavy atom. The average Bonchev–Trinajstić information content (AvgIpc) is 2.77. The number of piperidine rings is 1. The maximum Gasteiger partial charge on any atom is 0.0471 e. The zero-order valence-corrected chi connectivity index (χ0v) is 11.8. The third kappa shape index (κ3) is 2.73. The van der Waals surface area contributed by atoms with Crippen LogP contribution in [0.25, 0.3) is 0 Å². The summed E-state index contributed by atoms with van der Waals surface area (Å²) in [7, 11) is 0. The second-order valence-electron chi connectivity index (χ2n) is 7.16. The Balaban J connectivity index is 1.58. The molecule has 0 radical (unpaired) electrons. The van der Waals surface area contributed by atoms with Crippen LogP contribution in [0, 0.1) is 10.8 Å². The van der Waals surface area contributed by atoms with Crippen molar-refractivity contribution in [3.63, 3.8) is 0 Å². The quantitative estimate of drug-likeness (QED) is 0.812. The molecule has 1 atom stereocenters. The van der Waals surface area contributed by atoms with Gasteiger partial charge in [-0.05, 0) is 56.0 Å². The van der Waals surface area contributed by atoms with Crippen molar-refractivity contribution >= 4 is 0 Å². The lowest BCUT2D eigenvalue weighted by Gasteiger charge is -2.45. The molecule has 3 heterocycles. The second kappa shape index (κ2) is 5.10. The van der Waals surface area contributed by atoms with E-state index in [0.717, 1.165) is 13.2 Å². The standard InChI is InChI=1S/C15H28N2O/c1-14(5-9-18-10-6-14)12-17-8-2-3-15(13-17)4-7-16-11-15/h16H,2-13H2,1H3. The molecule has 104 valence electrons. The largest absolute Gasteiger partial charge is 0.381 e. The van der Waals surface area contributed by atoms with E-state index >= 15 is 0 Å². The third-order valence-corrected chi connectivity index (χ3v) is 5.38. The molecule has 0 saturated carbocycles. The molecule has 3 heteroatoms. The molecule has 0 aromatic heterocycles. The van der Waals surface area contributed by atoms with Gasteiger partial charge in [0.05, 0.1) is 0 Å². The van der Waals surface area contributed by atoms with Gasteiger partial charge < -0.3 is 15.0 Å². The van der Waals surface area contributed by atoms with Gasteiger partial charge in [0.1, 0.15) is 0 Å². The number of likely N-dealkylation sites (tertiary alicyclic amines) is 1. The van der Waals surface area contributed by atoms with E-state index in [-0.39, 0.29) is 0 Å². The number of rotatable bonds is 2. The highest BCUT2D eigenvalue weighted by molar-refractivity contribution is 4.94. The molecule has 1 N–H and O–H groups in total. The smallest absolute Gasteiger partial charge is 0.0471 e. The fourth-order valence-electron chi connectivity index (χ4n) is 4.15. The minimum atomic E-state index is 0.503. The fraction of sp³-hybridized carbons (Fsp3) is 1.00. The summed E-state index contributed by atoms with van der Waals surface area (Å²) in [6.07, 6.45) is 6.72. The molecule has 0 aliphatic carbocycles. The minimum Gasteiger partial charge on any atom is -0.381 e. The van der Waals surface area contributed by atoms with Gasteiger partial charge in [-0.1, -0.05) is 6.92 Å². The molecule has 3 fully saturated rings. The summed E-state index contributed by atoms with van der Waals surface area (Å²) in [5, 5.41) is 3.57. The number of hydrogen-bond acceptors (Lipinski definition) is 3. The Hall–Kier alpha value is -0.120. The molecule has 18 heavy (non-hydrogen) atoms. The lowest BCUT2D eigenvalue weighted by molar-refractivity contribution is -0.0102. The van der Waals surface area contributed by atoms with Crippen LogP contribution in [0.3, 0.4) is 0 Å². The van der Waals surface area contributed by atoms with Gasteiger partial charge >= 0.3 is 0 Å². The number of nitrogens with zero attached hydrogens (tertiary/aromatic N) is 1. The predicted octanol–water partition coefficient (Wildman–Crippen LogP) is 1.88. The molecule has 3 rings (SSSR count). The van der Waals surface area contributed by atoms with Crippen LogP contribution in [0.15, 0.2) is 0 Å². The SMILES string of the molecule is CC1(CN2CCCC3(CCNC3)C2)CCOCC1. The van der Waals surface area contributed by atoms with Gasteiger partial charge in [-0.3, -0.25) is 0 Å². The van der Waals surface area contributed by atoms with Gasteiger partial charge in [0.25, 0.3) is 0 Å². The first-order valence-electron chi connectivity index (χ1n) is 7.71. The maximum atomic E-state index is 5.52. The summed E-state index contributed by atoms with van der Waals surface area (Å²) in [6.45, 7) is 10.8. The molecule has 3 saturated heterocycles. The Morgan fingerprint density at radius 2 is 2.00 bits per heavy atom. The first-order chi connectivity index (χ1) is 8.70. The summed E-state index contributed by atoms with van der Waals surface area (Å²) >= 11 is 0. The summed E-state index contributed by atoms with van der Waals surface area (Å²) in [5.41, 5.74) is 1.11. The second-order valence-corrected chi connectivity index (χ2v) is 7.16. The van der Waals surface area contributed by atoms with Crippen molar-refractivity contribution in [2.24, 2.45) is 10.8 Å². The number of hydrogen-bond donors (Lipinski definition) is 1. The molecule has 1 unspecified atom stereocenters. The molecule has 3 aliphatic rings. The van der Waals surface area contributed by atoms with Crippen LogP contribution in [0.2, 0.25) is 0 Å². The van der Waals surface area contributed by atoms with Crippen molar-refractivity contribution in [3.8, 4) is 0 Å². The molecule has 1 spiro atoms. The van der Waals surface area contributed by atoms with E-state index in [9.17, 15) is 0 Å². The highest BCUT2D eigenvalue weighted by atomic mass is 16.5. The van der Waals surface area contributed by atoms with Gasteiger partial charge in [0.2, 0.25) is 0 Å². The topological polar surface area (TPSA) is 24.5 Å². The van der Waals surface area contributed by atoms with Crippen LogP contribution < -0.4 is 5.32 Å². The highest BCUT2D eigenvalue weighted by Crippen LogP contribution is 2.38. The van der Waals surface area contributed by atoms with Crippen LogP contribution in [-0.4, -0.2) is 50.8 Å². The molecule has 0 aromatic rings. The van der Waals surface area contributed by atoms with E-state index in [1.165, 1.54) is 64.8 Å². The molecular weight excluding hydrogens is 224 g/mol. The van der Waals surface area contributed by atoms with Gasteiger partial charge in [-0.25, -0.2) is 0 Å². The van der Waals surface area contributed by atoms with E-state index < -0.39 is 0 Å². The average molecular weight is 252 g/mol. The normalized spacial score (nSPS) is 37.2. The Kier molecular flexibility index (Phi) is 3.65. The van der Waals surface area contributed by atoms with Gasteiger partial charge in [0, 0.05) is 32.8 Å². The van der Waals surface area contributed by atoms with Crippen molar-refractivity contribution in [3.05, 3.63) is 0 Å². The monoisotopic (exact) mass is 252 g/mol. The van der Waals surface area contributed by atoms with E-state index in [4.69, 9.17) is 4.74 Å². The first-order valence-corrected chi connectivity index (χ1v) is 7.71. The zero-order chi connectivity index (χ0) is 12.5. The van der Waals surface area contributed by atoms with E-state index in [2.05, 4.69) is 17.1 Å². The Morgan fingerprint density at radius 1 is 1.17 bits per heavy atom. The van der Waals surface area contributed by atoms with Crippen LogP contribution in [0.4, 0.5) is 0 Å². The fourth-order valence-corrected chi connectivity index (χ4v) is 4.15. The number of ether oxygens (including phenoxy) is 1. The van der Waals surface area contributed by atoms with Crippen LogP contribution in [-0.2, 0) is 4.74 Å². The highest BCUT2D eigenvalue weighted by Gasteiger charge is 2.39. The lowest BCUT2D eigenvalue weighted by atomic mass is 9.77. The third-order valence-electron chi connectivity index (χ3n) is 5.38. The van der Waals surface area contributed by atoms with Crippen molar-refractivity contribution in [1.29, 1.82) is 0 Å². The molecule has 0 bridgehead atoms. The molecule has 0 amide bonds. The zero-order valence-electron chi connectivity index (χ0n) is 11.8. The first kappa shape index (κ1) is 12.9. The minimum absolute atomic E-state index is 0.503. The summed E-state index contributed by atoms with van der Waals surface area (Å²) < 4.78 is 5.52. The van der Waals surface area contributed by atoms with E-state index in [1.807, 2.05) is 0 Å². The van der Waals surface area contributed by atoms with Gasteiger partial charge in [-0.2, -0.15) is 0 Å². The molecule has 0 aromatic carbocycles. The van der Waals surface area contributed by atoms with Crippen LogP contribution in [0.1, 0.15) is 39.0 Å². The van der Waals surface area contributed by atoms with Crippen molar-refractivity contribution in [2.75, 3.05) is 45.9 Å². The molecular formula is C15H28N2O. The summed E-state index contributed by atoms with van der Waals surface area (Å²) in [6, 6.07) is 0. The Bertz CT molecular complexity index is 280. The van der Waals surface area contributed by atoms with E-state index in [0.29, 0.717) is 10.8 Å².